The molecule has 1 aromatic heterocycles. The van der Waals surface area contributed by atoms with Crippen molar-refractivity contribution in [3.8, 4) is 0 Å². The Balaban J connectivity index is 2.17. The molecule has 0 amide bonds. The summed E-state index contributed by atoms with van der Waals surface area (Å²) in [6.45, 7) is 0. The van der Waals surface area contributed by atoms with Crippen molar-refractivity contribution in [3.63, 3.8) is 0 Å². The zero-order chi connectivity index (χ0) is 14.0. The maximum absolute atomic E-state index is 12.6. The first-order chi connectivity index (χ1) is 8.86. The summed E-state index contributed by atoms with van der Waals surface area (Å²) in [6, 6.07) is 4.49. The highest BCUT2D eigenvalue weighted by Gasteiger charge is 2.30. The number of rotatable bonds is 3. The lowest BCUT2D eigenvalue weighted by molar-refractivity contribution is -0.137. The van der Waals surface area contributed by atoms with Crippen LogP contribution in [0.25, 0.3) is 0 Å². The SMILES string of the molecule is Cn1cc(CC(N)c2cccc(C(F)(F)F)c2)nn1. The number of aromatic nitrogens is 3. The highest BCUT2D eigenvalue weighted by atomic mass is 19.4. The number of halogens is 3. The van der Waals surface area contributed by atoms with E-state index in [9.17, 15) is 13.2 Å². The number of nitrogens with zero attached hydrogens (tertiary/aromatic N) is 3. The van der Waals surface area contributed by atoms with Crippen LogP contribution in [0.5, 0.6) is 0 Å². The molecule has 0 bridgehead atoms. The Hall–Kier alpha value is -1.89. The fraction of sp³-hybridized carbons (Fsp3) is 0.333. The average Bonchev–Trinajstić information content (AvgIpc) is 2.74. The molecule has 0 saturated carbocycles. The Labute approximate surface area is 108 Å². The number of hydrogen-bond donors (Lipinski definition) is 1. The second-order valence-electron chi connectivity index (χ2n) is 4.32. The molecule has 4 nitrogen and oxygen atoms in total. The highest BCUT2D eigenvalue weighted by molar-refractivity contribution is 5.28. The Kier molecular flexibility index (Phi) is 3.57. The lowest BCUT2D eigenvalue weighted by Gasteiger charge is -2.13. The molecule has 19 heavy (non-hydrogen) atoms. The Morgan fingerprint density at radius 2 is 2.11 bits per heavy atom. The fourth-order valence-corrected chi connectivity index (χ4v) is 1.78. The van der Waals surface area contributed by atoms with Crippen LogP contribution < -0.4 is 5.73 Å². The predicted octanol–water partition coefficient (Wildman–Crippen LogP) is 2.08. The van der Waals surface area contributed by atoms with Crippen molar-refractivity contribution in [3.05, 3.63) is 47.3 Å². The molecular weight excluding hydrogens is 257 g/mol. The monoisotopic (exact) mass is 270 g/mol. The number of nitrogens with two attached hydrogens (primary N) is 1. The summed E-state index contributed by atoms with van der Waals surface area (Å²) < 4.78 is 39.3. The van der Waals surface area contributed by atoms with Crippen molar-refractivity contribution in [2.45, 2.75) is 18.6 Å². The molecule has 7 heteroatoms. The Morgan fingerprint density at radius 1 is 1.37 bits per heavy atom. The molecule has 2 N–H and O–H groups in total. The van der Waals surface area contributed by atoms with Crippen LogP contribution in [0.15, 0.2) is 30.5 Å². The highest BCUT2D eigenvalue weighted by Crippen LogP contribution is 2.30. The third-order valence-electron chi connectivity index (χ3n) is 2.72. The maximum Gasteiger partial charge on any atom is 0.416 e. The van der Waals surface area contributed by atoms with Crippen molar-refractivity contribution in [2.75, 3.05) is 0 Å². The van der Waals surface area contributed by atoms with Gasteiger partial charge < -0.3 is 5.73 Å². The standard InChI is InChI=1S/C12H13F3N4/c1-19-7-10(17-18-19)6-11(16)8-3-2-4-9(5-8)12(13,14)15/h2-5,7,11H,6,16H2,1H3. The van der Waals surface area contributed by atoms with E-state index in [0.29, 0.717) is 17.7 Å². The van der Waals surface area contributed by atoms with E-state index in [1.165, 1.54) is 10.7 Å². The van der Waals surface area contributed by atoms with Crippen molar-refractivity contribution >= 4 is 0 Å². The summed E-state index contributed by atoms with van der Waals surface area (Å²) in [5.74, 6) is 0. The largest absolute Gasteiger partial charge is 0.416 e. The van der Waals surface area contributed by atoms with Crippen LogP contribution in [0, 0.1) is 0 Å². The molecule has 0 aliphatic heterocycles. The molecule has 0 saturated heterocycles. The summed E-state index contributed by atoms with van der Waals surface area (Å²) in [5, 5.41) is 7.61. The first-order valence-corrected chi connectivity index (χ1v) is 5.64. The summed E-state index contributed by atoms with van der Waals surface area (Å²) in [5.41, 5.74) is 6.29. The lowest BCUT2D eigenvalue weighted by Crippen LogP contribution is -2.15. The molecule has 0 radical (unpaired) electrons. The van der Waals surface area contributed by atoms with Crippen molar-refractivity contribution in [1.29, 1.82) is 0 Å². The van der Waals surface area contributed by atoms with Crippen LogP contribution >= 0.6 is 0 Å². The molecule has 2 rings (SSSR count). The summed E-state index contributed by atoms with van der Waals surface area (Å²) >= 11 is 0. The maximum atomic E-state index is 12.6. The van der Waals surface area contributed by atoms with Gasteiger partial charge in [0.25, 0.3) is 0 Å². The van der Waals surface area contributed by atoms with Gasteiger partial charge in [-0.05, 0) is 17.7 Å². The third kappa shape index (κ3) is 3.31. The molecule has 102 valence electrons. The van der Waals surface area contributed by atoms with Gasteiger partial charge in [0.1, 0.15) is 0 Å². The first-order valence-electron chi connectivity index (χ1n) is 5.64. The van der Waals surface area contributed by atoms with Gasteiger partial charge >= 0.3 is 6.18 Å². The topological polar surface area (TPSA) is 56.7 Å². The third-order valence-corrected chi connectivity index (χ3v) is 2.72. The van der Waals surface area contributed by atoms with E-state index < -0.39 is 17.8 Å². The fourth-order valence-electron chi connectivity index (χ4n) is 1.78. The number of aryl methyl sites for hydroxylation is 1. The van der Waals surface area contributed by atoms with E-state index >= 15 is 0 Å². The van der Waals surface area contributed by atoms with Crippen LogP contribution in [-0.4, -0.2) is 15.0 Å². The smallest absolute Gasteiger partial charge is 0.324 e. The number of benzene rings is 1. The summed E-state index contributed by atoms with van der Waals surface area (Å²) in [7, 11) is 1.71. The van der Waals surface area contributed by atoms with Crippen LogP contribution in [0.2, 0.25) is 0 Å². The molecule has 0 aliphatic carbocycles. The van der Waals surface area contributed by atoms with Gasteiger partial charge in [0.2, 0.25) is 0 Å². The van der Waals surface area contributed by atoms with Crippen molar-refractivity contribution < 1.29 is 13.2 Å². The second-order valence-corrected chi connectivity index (χ2v) is 4.32. The molecule has 1 atom stereocenters. The molecule has 1 aromatic carbocycles. The Bertz CT molecular complexity index is 562. The van der Waals surface area contributed by atoms with E-state index in [4.69, 9.17) is 5.73 Å². The normalized spacial score (nSPS) is 13.5. The molecule has 0 aliphatic rings. The minimum absolute atomic E-state index is 0.342. The van der Waals surface area contributed by atoms with E-state index in [1.54, 1.807) is 19.3 Å². The van der Waals surface area contributed by atoms with Gasteiger partial charge in [0.15, 0.2) is 0 Å². The predicted molar refractivity (Wildman–Crippen MR) is 63.1 cm³/mol. The van der Waals surface area contributed by atoms with Gasteiger partial charge in [-0.3, -0.25) is 4.68 Å². The van der Waals surface area contributed by atoms with E-state index in [-0.39, 0.29) is 0 Å². The molecule has 1 unspecified atom stereocenters. The average molecular weight is 270 g/mol. The molecule has 2 aromatic rings. The van der Waals surface area contributed by atoms with Gasteiger partial charge in [-0.2, -0.15) is 13.2 Å². The van der Waals surface area contributed by atoms with Crippen LogP contribution in [0.4, 0.5) is 13.2 Å². The molecular formula is C12H13F3N4. The van der Waals surface area contributed by atoms with E-state index in [0.717, 1.165) is 12.1 Å². The minimum atomic E-state index is -4.36. The van der Waals surface area contributed by atoms with Crippen LogP contribution in [-0.2, 0) is 19.6 Å². The second kappa shape index (κ2) is 5.00. The van der Waals surface area contributed by atoms with Gasteiger partial charge in [-0.25, -0.2) is 0 Å². The summed E-state index contributed by atoms with van der Waals surface area (Å²) in [4.78, 5) is 0. The molecule has 0 fully saturated rings. The van der Waals surface area contributed by atoms with Gasteiger partial charge in [-0.15, -0.1) is 5.10 Å². The van der Waals surface area contributed by atoms with Gasteiger partial charge in [0, 0.05) is 25.7 Å². The first kappa shape index (κ1) is 13.5. The van der Waals surface area contributed by atoms with Crippen molar-refractivity contribution in [1.82, 2.24) is 15.0 Å². The number of hydrogen-bond acceptors (Lipinski definition) is 3. The zero-order valence-corrected chi connectivity index (χ0v) is 10.2. The molecule has 1 heterocycles. The van der Waals surface area contributed by atoms with Gasteiger partial charge in [-0.1, -0.05) is 17.3 Å². The van der Waals surface area contributed by atoms with Crippen LogP contribution in [0.1, 0.15) is 22.9 Å². The van der Waals surface area contributed by atoms with Crippen LogP contribution in [0.3, 0.4) is 0 Å². The van der Waals surface area contributed by atoms with E-state index in [2.05, 4.69) is 10.3 Å². The lowest BCUT2D eigenvalue weighted by atomic mass is 10.0. The van der Waals surface area contributed by atoms with Gasteiger partial charge in [0.05, 0.1) is 11.3 Å². The Morgan fingerprint density at radius 3 is 2.68 bits per heavy atom. The minimum Gasteiger partial charge on any atom is -0.324 e. The number of alkyl halides is 3. The quantitative estimate of drug-likeness (QED) is 0.929. The van der Waals surface area contributed by atoms with Crippen molar-refractivity contribution in [2.24, 2.45) is 12.8 Å². The summed E-state index contributed by atoms with van der Waals surface area (Å²) in [6.07, 6.45) is -2.33. The van der Waals surface area contributed by atoms with E-state index in [1.807, 2.05) is 0 Å². The molecule has 0 spiro atoms. The zero-order valence-electron chi connectivity index (χ0n) is 10.2.